The Bertz CT molecular complexity index is 184. The first-order chi connectivity index (χ1) is 6.16. The maximum Gasteiger partial charge on any atom is 0.549 e. The maximum atomic E-state index is 10.1. The van der Waals surface area contributed by atoms with Crippen LogP contribution in [0.5, 0.6) is 0 Å². The summed E-state index contributed by atoms with van der Waals surface area (Å²) in [5.41, 5.74) is 0. The fourth-order valence-corrected chi connectivity index (χ4v) is 0.359. The van der Waals surface area contributed by atoms with Gasteiger partial charge in [-0.15, -0.1) is 15.0 Å². The van der Waals surface area contributed by atoms with E-state index < -0.39 is 7.99 Å². The van der Waals surface area contributed by atoms with Gasteiger partial charge in [0.05, 0.1) is 18.8 Å². The van der Waals surface area contributed by atoms with E-state index >= 15 is 0 Å². The highest BCUT2D eigenvalue weighted by Crippen LogP contribution is 2.43. The molecule has 0 amide bonds. The van der Waals surface area contributed by atoms with Crippen LogP contribution < -0.4 is 0 Å². The van der Waals surface area contributed by atoms with Crippen molar-refractivity contribution in [2.75, 3.05) is 6.61 Å². The minimum atomic E-state index is -5.64. The highest BCUT2D eigenvalue weighted by Gasteiger charge is 2.09. The molecule has 7 heteroatoms. The van der Waals surface area contributed by atoms with E-state index in [1.807, 2.05) is 6.92 Å². The zero-order valence-electron chi connectivity index (χ0n) is 8.06. The van der Waals surface area contributed by atoms with Crippen LogP contribution in [0.4, 0.5) is 8.39 Å². The van der Waals surface area contributed by atoms with Crippen molar-refractivity contribution < 1.29 is 27.7 Å². The van der Waals surface area contributed by atoms with Crippen LogP contribution in [-0.2, 0) is 9.30 Å². The largest absolute Gasteiger partial charge is 0.549 e. The molecule has 0 aromatic rings. The van der Waals surface area contributed by atoms with Crippen molar-refractivity contribution in [3.63, 3.8) is 0 Å². The molecule has 0 saturated heterocycles. The molecule has 0 saturated carbocycles. The summed E-state index contributed by atoms with van der Waals surface area (Å²) in [6, 6.07) is 0. The van der Waals surface area contributed by atoms with E-state index in [4.69, 9.17) is 19.3 Å². The van der Waals surface area contributed by atoms with Crippen molar-refractivity contribution in [1.29, 1.82) is 0 Å². The topological polar surface area (TPSA) is 66.8 Å². The van der Waals surface area contributed by atoms with Gasteiger partial charge < -0.3 is 9.84 Å². The molecule has 0 aliphatic rings. The Morgan fingerprint density at radius 1 is 1.57 bits per heavy atom. The predicted octanol–water partition coefficient (Wildman–Crippen LogP) is 1.98. The lowest BCUT2D eigenvalue weighted by atomic mass is 10.4. The van der Waals surface area contributed by atoms with Gasteiger partial charge >= 0.3 is 7.99 Å². The number of aliphatic hydroxyl groups is 1. The van der Waals surface area contributed by atoms with Crippen LogP contribution in [0.1, 0.15) is 13.8 Å². The number of hydrogen-bond donors (Lipinski definition) is 2. The van der Waals surface area contributed by atoms with Crippen LogP contribution >= 0.6 is 7.99 Å². The summed E-state index contributed by atoms with van der Waals surface area (Å²) in [4.78, 5) is 6.74. The van der Waals surface area contributed by atoms with Crippen molar-refractivity contribution in [3.05, 3.63) is 12.7 Å². The van der Waals surface area contributed by atoms with Crippen molar-refractivity contribution in [3.8, 4) is 0 Å². The summed E-state index contributed by atoms with van der Waals surface area (Å²) in [6.45, 7) is 7.49. The molecule has 0 aliphatic heterocycles. The lowest BCUT2D eigenvalue weighted by Gasteiger charge is -2.08. The highest BCUT2D eigenvalue weighted by molar-refractivity contribution is 7.46. The lowest BCUT2D eigenvalue weighted by molar-refractivity contribution is 0.0248. The van der Waals surface area contributed by atoms with Gasteiger partial charge in [-0.3, -0.25) is 4.89 Å². The second-order valence-corrected chi connectivity index (χ2v) is 3.43. The zero-order chi connectivity index (χ0) is 11.8. The predicted molar refractivity (Wildman–Crippen MR) is 49.3 cm³/mol. The fourth-order valence-electron chi connectivity index (χ4n) is 0.359. The van der Waals surface area contributed by atoms with Crippen LogP contribution in [-0.4, -0.2) is 28.8 Å². The van der Waals surface area contributed by atoms with Crippen molar-refractivity contribution in [2.45, 2.75) is 26.1 Å². The van der Waals surface area contributed by atoms with Crippen LogP contribution in [0.3, 0.4) is 0 Å². The Kier molecular flexibility index (Phi) is 9.29. The van der Waals surface area contributed by atoms with Crippen molar-refractivity contribution in [2.24, 2.45) is 0 Å². The number of aliphatic hydroxyl groups excluding tert-OH is 1. The Morgan fingerprint density at radius 3 is 2.14 bits per heavy atom. The molecule has 2 N–H and O–H groups in total. The van der Waals surface area contributed by atoms with E-state index in [1.54, 1.807) is 13.0 Å². The van der Waals surface area contributed by atoms with Gasteiger partial charge in [0.1, 0.15) is 0 Å². The van der Waals surface area contributed by atoms with E-state index in [2.05, 4.69) is 6.58 Å². The van der Waals surface area contributed by atoms with Crippen molar-refractivity contribution >= 4 is 7.99 Å². The standard InChI is InChI=1S/C7H14O2.F2HO2P/c1-4-7(3)9-5-6(2)8;1-5(2,3)4/h4,6-8H,1,5H2,2-3H3;(H,3,4). The Morgan fingerprint density at radius 2 is 1.93 bits per heavy atom. The van der Waals surface area contributed by atoms with E-state index in [0.29, 0.717) is 6.61 Å². The number of ether oxygens (including phenoxy) is 1. The molecule has 0 fully saturated rings. The van der Waals surface area contributed by atoms with Crippen LogP contribution in [0.25, 0.3) is 0 Å². The van der Waals surface area contributed by atoms with Gasteiger partial charge in [-0.1, -0.05) is 6.08 Å². The molecular formula is C7H15F2O4P. The first kappa shape index (κ1) is 16.2. The van der Waals surface area contributed by atoms with Gasteiger partial charge in [0.2, 0.25) is 0 Å². The highest BCUT2D eigenvalue weighted by atomic mass is 31.2. The first-order valence-electron chi connectivity index (χ1n) is 3.81. The first-order valence-corrected chi connectivity index (χ1v) is 5.25. The van der Waals surface area contributed by atoms with Crippen LogP contribution in [0, 0.1) is 0 Å². The summed E-state index contributed by atoms with van der Waals surface area (Å²) in [5.74, 6) is 0. The summed E-state index contributed by atoms with van der Waals surface area (Å²) in [7, 11) is -5.64. The van der Waals surface area contributed by atoms with Crippen molar-refractivity contribution in [1.82, 2.24) is 0 Å². The van der Waals surface area contributed by atoms with Gasteiger partial charge in [0.15, 0.2) is 0 Å². The zero-order valence-corrected chi connectivity index (χ0v) is 8.95. The van der Waals surface area contributed by atoms with Gasteiger partial charge in [-0.2, -0.15) is 0 Å². The molecule has 0 spiro atoms. The summed E-state index contributed by atoms with van der Waals surface area (Å²) in [6.07, 6.45) is 1.36. The van der Waals surface area contributed by atoms with E-state index in [9.17, 15) is 8.39 Å². The smallest absolute Gasteiger partial charge is 0.391 e. The normalized spacial score (nSPS) is 15.0. The minimum Gasteiger partial charge on any atom is -0.391 e. The monoisotopic (exact) mass is 232 g/mol. The molecule has 0 radical (unpaired) electrons. The van der Waals surface area contributed by atoms with Gasteiger partial charge in [-0.25, -0.2) is 4.57 Å². The van der Waals surface area contributed by atoms with Crippen LogP contribution in [0.2, 0.25) is 0 Å². The average Bonchev–Trinajstić information content (AvgIpc) is 1.96. The number of hydrogen-bond acceptors (Lipinski definition) is 3. The molecule has 0 aromatic carbocycles. The van der Waals surface area contributed by atoms with E-state index in [-0.39, 0.29) is 12.2 Å². The van der Waals surface area contributed by atoms with Gasteiger partial charge in [0, 0.05) is 0 Å². The molecule has 14 heavy (non-hydrogen) atoms. The Balaban J connectivity index is 0. The van der Waals surface area contributed by atoms with E-state index in [0.717, 1.165) is 0 Å². The minimum absolute atomic E-state index is 0.0413. The Labute approximate surface area is 81.9 Å². The van der Waals surface area contributed by atoms with Crippen LogP contribution in [0.15, 0.2) is 12.7 Å². The van der Waals surface area contributed by atoms with Gasteiger partial charge in [-0.05, 0) is 13.8 Å². The molecule has 4 nitrogen and oxygen atoms in total. The summed E-state index contributed by atoms with van der Waals surface area (Å²) >= 11 is 0. The molecule has 0 heterocycles. The Hall–Kier alpha value is -0.290. The average molecular weight is 232 g/mol. The molecule has 2 atom stereocenters. The summed E-state index contributed by atoms with van der Waals surface area (Å²) in [5, 5.41) is 8.74. The quantitative estimate of drug-likeness (QED) is 0.574. The number of halogens is 2. The molecule has 86 valence electrons. The lowest BCUT2D eigenvalue weighted by Crippen LogP contribution is -2.15. The fraction of sp³-hybridized carbons (Fsp3) is 0.714. The maximum absolute atomic E-state index is 10.1. The third-order valence-electron chi connectivity index (χ3n) is 0.932. The molecule has 0 aromatic heterocycles. The van der Waals surface area contributed by atoms with Gasteiger partial charge in [0.25, 0.3) is 0 Å². The molecule has 2 unspecified atom stereocenters. The molecule has 0 aliphatic carbocycles. The summed E-state index contributed by atoms with van der Waals surface area (Å²) < 4.78 is 33.8. The third-order valence-corrected chi connectivity index (χ3v) is 0.932. The SMILES string of the molecule is C=CC(C)OCC(C)O.O=P(O)(F)F. The third kappa shape index (κ3) is 29.8. The molecular weight excluding hydrogens is 217 g/mol. The second kappa shape index (κ2) is 8.05. The molecule has 0 bridgehead atoms. The number of rotatable bonds is 4. The second-order valence-electron chi connectivity index (χ2n) is 2.56. The molecule has 0 rings (SSSR count). The van der Waals surface area contributed by atoms with E-state index in [1.165, 1.54) is 0 Å².